The number of hydrogen-bond donors (Lipinski definition) is 0. The average molecular weight is 385 g/mol. The Bertz CT molecular complexity index is 1070. The second-order valence-corrected chi connectivity index (χ2v) is 6.69. The normalized spacial score (nSPS) is 11.2. The number of esters is 1. The van der Waals surface area contributed by atoms with Crippen molar-refractivity contribution in [2.75, 3.05) is 0 Å². The lowest BCUT2D eigenvalue weighted by atomic mass is 10.1. The van der Waals surface area contributed by atoms with Crippen LogP contribution in [-0.2, 0) is 11.3 Å². The largest absolute Gasteiger partial charge is 0.457 e. The van der Waals surface area contributed by atoms with E-state index in [1.54, 1.807) is 18.2 Å². The first-order valence-electron chi connectivity index (χ1n) is 8.09. The van der Waals surface area contributed by atoms with E-state index in [4.69, 9.17) is 9.15 Å². The molecule has 2 aromatic carbocycles. The molecule has 0 amide bonds. The van der Waals surface area contributed by atoms with Crippen molar-refractivity contribution >= 4 is 28.4 Å². The van der Waals surface area contributed by atoms with Gasteiger partial charge in [0.25, 0.3) is 6.43 Å². The van der Waals surface area contributed by atoms with Crippen molar-refractivity contribution in [3.63, 3.8) is 0 Å². The van der Waals surface area contributed by atoms with E-state index in [2.05, 4.69) is 4.98 Å². The summed E-state index contributed by atoms with van der Waals surface area (Å²) in [4.78, 5) is 16.5. The monoisotopic (exact) mass is 385 g/mol. The van der Waals surface area contributed by atoms with Crippen molar-refractivity contribution in [1.29, 1.82) is 0 Å². The number of carbonyl (C=O) groups excluding carboxylic acids is 1. The van der Waals surface area contributed by atoms with Gasteiger partial charge in [0.2, 0.25) is 5.89 Å². The smallest absolute Gasteiger partial charge is 0.349 e. The van der Waals surface area contributed by atoms with Gasteiger partial charge in [0.15, 0.2) is 5.58 Å². The molecule has 136 valence electrons. The number of halogens is 2. The summed E-state index contributed by atoms with van der Waals surface area (Å²) < 4.78 is 36.7. The summed E-state index contributed by atoms with van der Waals surface area (Å²) in [5.74, 6) is -0.296. The Kier molecular flexibility index (Phi) is 4.68. The molecule has 0 bridgehead atoms. The number of aromatic nitrogens is 1. The van der Waals surface area contributed by atoms with Gasteiger partial charge in [0.05, 0.1) is 0 Å². The second kappa shape index (κ2) is 7.28. The zero-order valence-corrected chi connectivity index (χ0v) is 14.7. The summed E-state index contributed by atoms with van der Waals surface area (Å²) in [6, 6.07) is 15.9. The van der Waals surface area contributed by atoms with Gasteiger partial charge in [-0.05, 0) is 41.3 Å². The van der Waals surface area contributed by atoms with Crippen molar-refractivity contribution in [2.24, 2.45) is 0 Å². The van der Waals surface area contributed by atoms with Crippen LogP contribution < -0.4 is 0 Å². The first-order valence-corrected chi connectivity index (χ1v) is 8.97. The third-order valence-corrected chi connectivity index (χ3v) is 4.86. The van der Waals surface area contributed by atoms with E-state index in [0.29, 0.717) is 17.0 Å². The number of thiophene rings is 1. The summed E-state index contributed by atoms with van der Waals surface area (Å²) in [6.07, 6.45) is -2.71. The Hall–Kier alpha value is -3.06. The molecule has 0 saturated heterocycles. The molecule has 4 rings (SSSR count). The van der Waals surface area contributed by atoms with E-state index in [9.17, 15) is 13.6 Å². The quantitative estimate of drug-likeness (QED) is 0.404. The molecule has 2 aromatic heterocycles. The Balaban J connectivity index is 1.51. The third-order valence-electron chi connectivity index (χ3n) is 3.95. The predicted molar refractivity (Wildman–Crippen MR) is 97.8 cm³/mol. The van der Waals surface area contributed by atoms with E-state index in [-0.39, 0.29) is 17.0 Å². The average Bonchev–Trinajstić information content (AvgIpc) is 3.33. The SMILES string of the molecule is O=C(OCc1cccc(-c2nc3ccccc3o2)c1)c1sccc1C(F)F. The number of alkyl halides is 2. The molecule has 0 atom stereocenters. The maximum absolute atomic E-state index is 12.9. The van der Waals surface area contributed by atoms with Gasteiger partial charge >= 0.3 is 5.97 Å². The Morgan fingerprint density at radius 2 is 2.00 bits per heavy atom. The zero-order chi connectivity index (χ0) is 18.8. The van der Waals surface area contributed by atoms with Crippen LogP contribution in [0.2, 0.25) is 0 Å². The van der Waals surface area contributed by atoms with Gasteiger partial charge in [-0.15, -0.1) is 11.3 Å². The molecular formula is C20H13F2NO3S. The van der Waals surface area contributed by atoms with Crippen molar-refractivity contribution in [1.82, 2.24) is 4.98 Å². The lowest BCUT2D eigenvalue weighted by Crippen LogP contribution is -2.06. The molecule has 7 heteroatoms. The molecule has 0 unspecified atom stereocenters. The topological polar surface area (TPSA) is 52.3 Å². The lowest BCUT2D eigenvalue weighted by molar-refractivity contribution is 0.0469. The van der Waals surface area contributed by atoms with Crippen LogP contribution in [0.4, 0.5) is 8.78 Å². The van der Waals surface area contributed by atoms with E-state index in [1.165, 1.54) is 11.4 Å². The Morgan fingerprint density at radius 1 is 1.15 bits per heavy atom. The summed E-state index contributed by atoms with van der Waals surface area (Å²) in [5, 5.41) is 1.45. The number of rotatable bonds is 5. The summed E-state index contributed by atoms with van der Waals surface area (Å²) in [5.41, 5.74) is 2.58. The number of fused-ring (bicyclic) bond motifs is 1. The molecule has 4 aromatic rings. The minimum Gasteiger partial charge on any atom is -0.457 e. The fraction of sp³-hybridized carbons (Fsp3) is 0.100. The zero-order valence-electron chi connectivity index (χ0n) is 13.9. The highest BCUT2D eigenvalue weighted by molar-refractivity contribution is 7.12. The van der Waals surface area contributed by atoms with Gasteiger partial charge in [0, 0.05) is 11.1 Å². The molecule has 2 heterocycles. The highest BCUT2D eigenvalue weighted by Gasteiger charge is 2.21. The maximum Gasteiger partial charge on any atom is 0.349 e. The summed E-state index contributed by atoms with van der Waals surface area (Å²) in [6.45, 7) is -0.0342. The van der Waals surface area contributed by atoms with Gasteiger partial charge < -0.3 is 9.15 Å². The van der Waals surface area contributed by atoms with Gasteiger partial charge in [-0.3, -0.25) is 0 Å². The fourth-order valence-corrected chi connectivity index (χ4v) is 3.46. The summed E-state index contributed by atoms with van der Waals surface area (Å²) >= 11 is 0.944. The van der Waals surface area contributed by atoms with Gasteiger partial charge in [-0.25, -0.2) is 18.6 Å². The van der Waals surface area contributed by atoms with E-state index >= 15 is 0 Å². The molecule has 0 spiro atoms. The minimum atomic E-state index is -2.71. The third kappa shape index (κ3) is 3.59. The molecule has 0 aliphatic rings. The predicted octanol–water partition coefficient (Wildman–Crippen LogP) is 5.85. The molecule has 4 nitrogen and oxygen atoms in total. The number of ether oxygens (including phenoxy) is 1. The fourth-order valence-electron chi connectivity index (χ4n) is 2.66. The number of para-hydroxylation sites is 2. The van der Waals surface area contributed by atoms with Crippen LogP contribution in [0.1, 0.15) is 27.2 Å². The number of benzene rings is 2. The molecule has 0 aliphatic carbocycles. The van der Waals surface area contributed by atoms with Gasteiger partial charge in [0.1, 0.15) is 17.0 Å². The number of carbonyl (C=O) groups is 1. The van der Waals surface area contributed by atoms with E-state index < -0.39 is 12.4 Å². The first kappa shape index (κ1) is 17.4. The molecule has 0 radical (unpaired) electrons. The standard InChI is InChI=1S/C20H13F2NO3S/c21-18(22)14-8-9-27-17(14)20(24)25-11-12-4-3-5-13(10-12)19-23-15-6-1-2-7-16(15)26-19/h1-10,18H,11H2. The first-order chi connectivity index (χ1) is 13.1. The van der Waals surface area contributed by atoms with Crippen LogP contribution in [0, 0.1) is 0 Å². The molecular weight excluding hydrogens is 372 g/mol. The van der Waals surface area contributed by atoms with E-state index in [1.807, 2.05) is 30.3 Å². The number of nitrogens with zero attached hydrogens (tertiary/aromatic N) is 1. The molecule has 27 heavy (non-hydrogen) atoms. The Labute approximate surface area is 157 Å². The molecule has 0 aliphatic heterocycles. The lowest BCUT2D eigenvalue weighted by Gasteiger charge is -2.06. The maximum atomic E-state index is 12.9. The van der Waals surface area contributed by atoms with Crippen LogP contribution in [0.25, 0.3) is 22.6 Å². The molecule has 0 N–H and O–H groups in total. The molecule has 0 saturated carbocycles. The number of oxazole rings is 1. The van der Waals surface area contributed by atoms with Gasteiger partial charge in [-0.1, -0.05) is 24.3 Å². The highest BCUT2D eigenvalue weighted by atomic mass is 32.1. The van der Waals surface area contributed by atoms with Crippen molar-refractivity contribution in [2.45, 2.75) is 13.0 Å². The van der Waals surface area contributed by atoms with Crippen LogP contribution >= 0.6 is 11.3 Å². The van der Waals surface area contributed by atoms with E-state index in [0.717, 1.165) is 22.4 Å². The summed E-state index contributed by atoms with van der Waals surface area (Å²) in [7, 11) is 0. The van der Waals surface area contributed by atoms with Crippen LogP contribution in [0.3, 0.4) is 0 Å². The van der Waals surface area contributed by atoms with Crippen LogP contribution in [0.5, 0.6) is 0 Å². The van der Waals surface area contributed by atoms with Crippen molar-refractivity contribution < 1.29 is 22.7 Å². The second-order valence-electron chi connectivity index (χ2n) is 5.77. The highest BCUT2D eigenvalue weighted by Crippen LogP contribution is 2.28. The van der Waals surface area contributed by atoms with Gasteiger partial charge in [-0.2, -0.15) is 0 Å². The van der Waals surface area contributed by atoms with Crippen LogP contribution in [-0.4, -0.2) is 11.0 Å². The van der Waals surface area contributed by atoms with Crippen molar-refractivity contribution in [3.8, 4) is 11.5 Å². The minimum absolute atomic E-state index is 0.0342. The van der Waals surface area contributed by atoms with Crippen LogP contribution in [0.15, 0.2) is 64.4 Å². The number of hydrogen-bond acceptors (Lipinski definition) is 5. The Morgan fingerprint density at radius 3 is 2.81 bits per heavy atom. The van der Waals surface area contributed by atoms with Crippen molar-refractivity contribution in [3.05, 3.63) is 76.0 Å². The molecule has 0 fully saturated rings.